The zero-order chi connectivity index (χ0) is 15.9. The second kappa shape index (κ2) is 7.13. The van der Waals surface area contributed by atoms with Crippen molar-refractivity contribution in [2.75, 3.05) is 5.32 Å². The molecule has 0 heterocycles. The molecule has 0 aliphatic carbocycles. The molecule has 0 aliphatic rings. The predicted octanol–water partition coefficient (Wildman–Crippen LogP) is 3.78. The number of benzene rings is 2. The van der Waals surface area contributed by atoms with Gasteiger partial charge in [-0.15, -0.1) is 0 Å². The van der Waals surface area contributed by atoms with Crippen LogP contribution < -0.4 is 5.32 Å². The third kappa shape index (κ3) is 4.52. The van der Waals surface area contributed by atoms with Crippen molar-refractivity contribution in [3.63, 3.8) is 0 Å². The largest absolute Gasteiger partial charge is 0.508 e. The molecule has 112 valence electrons. The summed E-state index contributed by atoms with van der Waals surface area (Å²) in [5, 5.41) is 21.6. The molecule has 0 bridgehead atoms. The van der Waals surface area contributed by atoms with Gasteiger partial charge >= 0.3 is 0 Å². The molecule has 4 nitrogen and oxygen atoms in total. The van der Waals surface area contributed by atoms with Gasteiger partial charge in [-0.2, -0.15) is 0 Å². The van der Waals surface area contributed by atoms with Crippen LogP contribution in [0.15, 0.2) is 54.6 Å². The molecule has 3 N–H and O–H groups in total. The van der Waals surface area contributed by atoms with Gasteiger partial charge in [-0.25, -0.2) is 0 Å². The Morgan fingerprint density at radius 3 is 2.14 bits per heavy atom. The number of hydrogen-bond acceptors (Lipinski definition) is 3. The molecule has 2 rings (SSSR count). The van der Waals surface area contributed by atoms with Crippen LogP contribution in [0.25, 0.3) is 12.2 Å². The van der Waals surface area contributed by atoms with Crippen LogP contribution in [0.1, 0.15) is 18.1 Å². The molecule has 0 aromatic heterocycles. The van der Waals surface area contributed by atoms with Crippen LogP contribution in [-0.2, 0) is 4.79 Å². The van der Waals surface area contributed by atoms with Gasteiger partial charge in [0.05, 0.1) is 0 Å². The standard InChI is InChI=1S/C18H17NO3/c1-2-3-18(22)19-15-8-6-13(7-9-15)4-5-14-10-16(20)12-17(21)11-14/h2-12,20-21H,1H3,(H,19,22)/b3-2+,5-4+. The number of amides is 1. The molecular formula is C18H17NO3. The lowest BCUT2D eigenvalue weighted by atomic mass is 10.1. The highest BCUT2D eigenvalue weighted by molar-refractivity contribution is 5.99. The summed E-state index contributed by atoms with van der Waals surface area (Å²) < 4.78 is 0. The number of phenolic OH excluding ortho intramolecular Hbond substituents is 2. The number of carbonyl (C=O) groups excluding carboxylic acids is 1. The van der Waals surface area contributed by atoms with Gasteiger partial charge < -0.3 is 15.5 Å². The van der Waals surface area contributed by atoms with E-state index >= 15 is 0 Å². The van der Waals surface area contributed by atoms with Gasteiger partial charge in [-0.05, 0) is 48.4 Å². The number of carbonyl (C=O) groups is 1. The van der Waals surface area contributed by atoms with Gasteiger partial charge in [0.2, 0.25) is 5.91 Å². The number of nitrogens with one attached hydrogen (secondary N) is 1. The van der Waals surface area contributed by atoms with Crippen LogP contribution in [-0.4, -0.2) is 16.1 Å². The lowest BCUT2D eigenvalue weighted by Gasteiger charge is -2.02. The highest BCUT2D eigenvalue weighted by atomic mass is 16.3. The van der Waals surface area contributed by atoms with E-state index in [4.69, 9.17) is 0 Å². The molecule has 0 saturated carbocycles. The zero-order valence-corrected chi connectivity index (χ0v) is 12.2. The summed E-state index contributed by atoms with van der Waals surface area (Å²) in [7, 11) is 0. The number of allylic oxidation sites excluding steroid dienone is 1. The van der Waals surface area contributed by atoms with E-state index in [0.717, 1.165) is 11.3 Å². The summed E-state index contributed by atoms with van der Waals surface area (Å²) in [6, 6.07) is 11.7. The second-order valence-corrected chi connectivity index (χ2v) is 4.73. The number of rotatable bonds is 4. The van der Waals surface area contributed by atoms with E-state index in [1.807, 2.05) is 18.2 Å². The summed E-state index contributed by atoms with van der Waals surface area (Å²) >= 11 is 0. The fraction of sp³-hybridized carbons (Fsp3) is 0.0556. The fourth-order valence-electron chi connectivity index (χ4n) is 1.92. The Morgan fingerprint density at radius 1 is 0.955 bits per heavy atom. The van der Waals surface area contributed by atoms with Crippen LogP contribution in [0.2, 0.25) is 0 Å². The maximum absolute atomic E-state index is 11.4. The molecule has 0 spiro atoms. The van der Waals surface area contributed by atoms with Crippen molar-refractivity contribution in [2.24, 2.45) is 0 Å². The molecule has 1 amide bonds. The molecule has 2 aromatic carbocycles. The van der Waals surface area contributed by atoms with Crippen LogP contribution in [0, 0.1) is 0 Å². The van der Waals surface area contributed by atoms with Gasteiger partial charge in [0.1, 0.15) is 11.5 Å². The second-order valence-electron chi connectivity index (χ2n) is 4.73. The SMILES string of the molecule is C/C=C/C(=O)Nc1ccc(/C=C/c2cc(O)cc(O)c2)cc1. The Morgan fingerprint density at radius 2 is 1.55 bits per heavy atom. The molecule has 0 radical (unpaired) electrons. The van der Waals surface area contributed by atoms with Gasteiger partial charge in [-0.3, -0.25) is 4.79 Å². The number of anilines is 1. The number of phenols is 2. The maximum Gasteiger partial charge on any atom is 0.248 e. The first-order chi connectivity index (χ1) is 10.6. The summed E-state index contributed by atoms with van der Waals surface area (Å²) in [5.41, 5.74) is 2.35. The first kappa shape index (κ1) is 15.4. The average molecular weight is 295 g/mol. The normalized spacial score (nSPS) is 11.1. The van der Waals surface area contributed by atoms with Crippen molar-refractivity contribution in [3.8, 4) is 11.5 Å². The Balaban J connectivity index is 2.07. The maximum atomic E-state index is 11.4. The summed E-state index contributed by atoms with van der Waals surface area (Å²) in [6.45, 7) is 1.78. The van der Waals surface area contributed by atoms with E-state index in [9.17, 15) is 15.0 Å². The molecule has 0 unspecified atom stereocenters. The van der Waals surface area contributed by atoms with Gasteiger partial charge in [-0.1, -0.05) is 30.4 Å². The highest BCUT2D eigenvalue weighted by Crippen LogP contribution is 2.22. The zero-order valence-electron chi connectivity index (χ0n) is 12.2. The van der Waals surface area contributed by atoms with Crippen molar-refractivity contribution in [3.05, 3.63) is 65.7 Å². The Bertz CT molecular complexity index is 695. The van der Waals surface area contributed by atoms with Gasteiger partial charge in [0.25, 0.3) is 0 Å². The van der Waals surface area contributed by atoms with Gasteiger partial charge in [0.15, 0.2) is 0 Å². The fourth-order valence-corrected chi connectivity index (χ4v) is 1.92. The first-order valence-electron chi connectivity index (χ1n) is 6.81. The monoisotopic (exact) mass is 295 g/mol. The number of aromatic hydroxyl groups is 2. The van der Waals surface area contributed by atoms with E-state index < -0.39 is 0 Å². The summed E-state index contributed by atoms with van der Waals surface area (Å²) in [6.07, 6.45) is 6.78. The van der Waals surface area contributed by atoms with Crippen molar-refractivity contribution >= 4 is 23.7 Å². The average Bonchev–Trinajstić information content (AvgIpc) is 2.46. The molecule has 2 aromatic rings. The summed E-state index contributed by atoms with van der Waals surface area (Å²) in [4.78, 5) is 11.4. The molecule has 4 heteroatoms. The molecule has 0 saturated heterocycles. The Kier molecular flexibility index (Phi) is 4.98. The molecule has 0 fully saturated rings. The third-order valence-electron chi connectivity index (χ3n) is 2.89. The predicted molar refractivity (Wildman–Crippen MR) is 88.6 cm³/mol. The Labute approximate surface area is 129 Å². The van der Waals surface area contributed by atoms with Crippen molar-refractivity contribution in [1.82, 2.24) is 0 Å². The molecule has 0 atom stereocenters. The highest BCUT2D eigenvalue weighted by Gasteiger charge is 1.98. The van der Waals surface area contributed by atoms with E-state index in [1.165, 1.54) is 12.1 Å². The third-order valence-corrected chi connectivity index (χ3v) is 2.89. The van der Waals surface area contributed by atoms with Gasteiger partial charge in [0, 0.05) is 11.8 Å². The van der Waals surface area contributed by atoms with Crippen LogP contribution in [0.3, 0.4) is 0 Å². The van der Waals surface area contributed by atoms with E-state index in [1.54, 1.807) is 43.3 Å². The van der Waals surface area contributed by atoms with Crippen molar-refractivity contribution in [1.29, 1.82) is 0 Å². The van der Waals surface area contributed by atoms with E-state index in [0.29, 0.717) is 5.56 Å². The minimum absolute atomic E-state index is 0.0155. The minimum Gasteiger partial charge on any atom is -0.508 e. The minimum atomic E-state index is -0.166. The first-order valence-corrected chi connectivity index (χ1v) is 6.81. The van der Waals surface area contributed by atoms with E-state index in [-0.39, 0.29) is 17.4 Å². The molecule has 22 heavy (non-hydrogen) atoms. The lowest BCUT2D eigenvalue weighted by Crippen LogP contribution is -2.07. The summed E-state index contributed by atoms with van der Waals surface area (Å²) in [5.74, 6) is -0.135. The van der Waals surface area contributed by atoms with Crippen molar-refractivity contribution in [2.45, 2.75) is 6.92 Å². The smallest absolute Gasteiger partial charge is 0.248 e. The topological polar surface area (TPSA) is 69.6 Å². The number of hydrogen-bond donors (Lipinski definition) is 3. The van der Waals surface area contributed by atoms with Crippen LogP contribution in [0.4, 0.5) is 5.69 Å². The molecular weight excluding hydrogens is 278 g/mol. The Hall–Kier alpha value is -3.01. The van der Waals surface area contributed by atoms with Crippen LogP contribution in [0.5, 0.6) is 11.5 Å². The van der Waals surface area contributed by atoms with Crippen LogP contribution >= 0.6 is 0 Å². The van der Waals surface area contributed by atoms with E-state index in [2.05, 4.69) is 5.32 Å². The lowest BCUT2D eigenvalue weighted by molar-refractivity contribution is -0.111. The quantitative estimate of drug-likeness (QED) is 0.594. The molecule has 0 aliphatic heterocycles. The van der Waals surface area contributed by atoms with Crippen molar-refractivity contribution < 1.29 is 15.0 Å².